The van der Waals surface area contributed by atoms with E-state index in [2.05, 4.69) is 6.92 Å². The van der Waals surface area contributed by atoms with Crippen LogP contribution in [0.15, 0.2) is 0 Å². The van der Waals surface area contributed by atoms with Crippen molar-refractivity contribution in [2.24, 2.45) is 0 Å². The molecule has 1 N–H and O–H groups in total. The second-order valence-corrected chi connectivity index (χ2v) is 10.4. The van der Waals surface area contributed by atoms with E-state index in [0.717, 1.165) is 38.5 Å². The molecule has 0 aliphatic carbocycles. The minimum absolute atomic E-state index is 0.00798. The molecule has 0 aromatic carbocycles. The lowest BCUT2D eigenvalue weighted by Gasteiger charge is -2.13. The van der Waals surface area contributed by atoms with Crippen molar-refractivity contribution in [3.8, 4) is 0 Å². The zero-order valence-corrected chi connectivity index (χ0v) is 22.9. The van der Waals surface area contributed by atoms with E-state index in [1.165, 1.54) is 109 Å². The third-order valence-electron chi connectivity index (χ3n) is 6.82. The van der Waals surface area contributed by atoms with Crippen molar-refractivity contribution in [3.05, 3.63) is 0 Å². The Morgan fingerprint density at radius 1 is 0.559 bits per heavy atom. The van der Waals surface area contributed by atoms with Gasteiger partial charge in [0.2, 0.25) is 0 Å². The molecule has 1 unspecified atom stereocenters. The van der Waals surface area contributed by atoms with Gasteiger partial charge >= 0.3 is 11.9 Å². The number of carboxylic acid groups (broad SMARTS) is 1. The van der Waals surface area contributed by atoms with E-state index in [4.69, 9.17) is 9.84 Å². The van der Waals surface area contributed by atoms with Gasteiger partial charge in [-0.05, 0) is 32.6 Å². The van der Waals surface area contributed by atoms with Crippen LogP contribution in [0.4, 0.5) is 0 Å². The molecule has 0 aliphatic heterocycles. The second-order valence-electron chi connectivity index (χ2n) is 10.4. The number of carbonyl (C=O) groups is 2. The van der Waals surface area contributed by atoms with Crippen molar-refractivity contribution < 1.29 is 19.4 Å². The highest BCUT2D eigenvalue weighted by Crippen LogP contribution is 2.15. The maximum Gasteiger partial charge on any atom is 0.306 e. The second kappa shape index (κ2) is 26.5. The Labute approximate surface area is 212 Å². The molecule has 0 rings (SSSR count). The molecule has 0 saturated heterocycles. The number of rotatable bonds is 27. The van der Waals surface area contributed by atoms with Gasteiger partial charge in [-0.2, -0.15) is 0 Å². The fraction of sp³-hybridized carbons (Fsp3) is 0.933. The molecule has 0 aromatic heterocycles. The van der Waals surface area contributed by atoms with Crippen LogP contribution in [0.3, 0.4) is 0 Å². The van der Waals surface area contributed by atoms with E-state index >= 15 is 0 Å². The van der Waals surface area contributed by atoms with Gasteiger partial charge in [0.15, 0.2) is 0 Å². The van der Waals surface area contributed by atoms with Gasteiger partial charge in [-0.15, -0.1) is 0 Å². The summed E-state index contributed by atoms with van der Waals surface area (Å²) in [5, 5.41) is 8.61. The quantitative estimate of drug-likeness (QED) is 0.0934. The van der Waals surface area contributed by atoms with Gasteiger partial charge in [0.05, 0.1) is 6.10 Å². The van der Waals surface area contributed by atoms with Gasteiger partial charge in [-0.25, -0.2) is 0 Å². The SMILES string of the molecule is CCCCCCCCCCCCCC(=O)OC(C)CCCCCCCCCCCCCC(=O)O. The van der Waals surface area contributed by atoms with Gasteiger partial charge in [-0.3, -0.25) is 9.59 Å². The fourth-order valence-corrected chi connectivity index (χ4v) is 4.57. The molecule has 0 amide bonds. The first-order valence-electron chi connectivity index (χ1n) is 15.0. The van der Waals surface area contributed by atoms with Gasteiger partial charge in [0, 0.05) is 12.8 Å². The van der Waals surface area contributed by atoms with Crippen molar-refractivity contribution in [3.63, 3.8) is 0 Å². The van der Waals surface area contributed by atoms with E-state index in [-0.39, 0.29) is 12.1 Å². The summed E-state index contributed by atoms with van der Waals surface area (Å²) in [7, 11) is 0. The average molecular weight is 483 g/mol. The number of ether oxygens (including phenoxy) is 1. The molecule has 34 heavy (non-hydrogen) atoms. The number of esters is 1. The minimum atomic E-state index is -0.674. The van der Waals surface area contributed by atoms with Gasteiger partial charge in [0.1, 0.15) is 0 Å². The molecular formula is C30H58O4. The van der Waals surface area contributed by atoms with Crippen LogP contribution >= 0.6 is 0 Å². The van der Waals surface area contributed by atoms with Crippen LogP contribution in [0.2, 0.25) is 0 Å². The molecule has 0 fully saturated rings. The molecular weight excluding hydrogens is 424 g/mol. The van der Waals surface area contributed by atoms with Gasteiger partial charge in [0.25, 0.3) is 0 Å². The van der Waals surface area contributed by atoms with Crippen LogP contribution in [-0.4, -0.2) is 23.1 Å². The number of hydrogen-bond donors (Lipinski definition) is 1. The van der Waals surface area contributed by atoms with Crippen LogP contribution in [0.1, 0.15) is 174 Å². The normalized spacial score (nSPS) is 12.1. The van der Waals surface area contributed by atoms with Crippen LogP contribution in [0.25, 0.3) is 0 Å². The molecule has 0 radical (unpaired) electrons. The van der Waals surface area contributed by atoms with Crippen molar-refractivity contribution in [1.29, 1.82) is 0 Å². The average Bonchev–Trinajstić information content (AvgIpc) is 2.80. The first-order chi connectivity index (χ1) is 16.6. The number of aliphatic carboxylic acids is 1. The van der Waals surface area contributed by atoms with Crippen LogP contribution in [0.5, 0.6) is 0 Å². The number of hydrogen-bond acceptors (Lipinski definition) is 3. The first-order valence-corrected chi connectivity index (χ1v) is 15.0. The highest BCUT2D eigenvalue weighted by molar-refractivity contribution is 5.69. The Morgan fingerprint density at radius 2 is 0.912 bits per heavy atom. The molecule has 0 saturated carbocycles. The molecule has 4 nitrogen and oxygen atoms in total. The molecule has 1 atom stereocenters. The van der Waals surface area contributed by atoms with Crippen molar-refractivity contribution in [2.45, 2.75) is 180 Å². The molecule has 4 heteroatoms. The lowest BCUT2D eigenvalue weighted by atomic mass is 10.0. The number of unbranched alkanes of at least 4 members (excludes halogenated alkanes) is 20. The lowest BCUT2D eigenvalue weighted by Crippen LogP contribution is -2.14. The molecule has 0 bridgehead atoms. The lowest BCUT2D eigenvalue weighted by molar-refractivity contribution is -0.148. The van der Waals surface area contributed by atoms with Crippen molar-refractivity contribution >= 4 is 11.9 Å². The molecule has 0 heterocycles. The highest BCUT2D eigenvalue weighted by Gasteiger charge is 2.09. The van der Waals surface area contributed by atoms with Crippen molar-refractivity contribution in [2.75, 3.05) is 0 Å². The Hall–Kier alpha value is -1.06. The summed E-state index contributed by atoms with van der Waals surface area (Å²) in [6, 6.07) is 0. The van der Waals surface area contributed by atoms with Crippen molar-refractivity contribution in [1.82, 2.24) is 0 Å². The summed E-state index contributed by atoms with van der Waals surface area (Å²) in [6.45, 7) is 4.30. The van der Waals surface area contributed by atoms with E-state index in [0.29, 0.717) is 12.8 Å². The molecule has 0 aromatic rings. The summed E-state index contributed by atoms with van der Waals surface area (Å²) in [4.78, 5) is 22.5. The summed E-state index contributed by atoms with van der Waals surface area (Å²) in [6.07, 6.45) is 29.4. The van der Waals surface area contributed by atoms with E-state index < -0.39 is 5.97 Å². The summed E-state index contributed by atoms with van der Waals surface area (Å²) < 4.78 is 5.58. The Balaban J connectivity index is 3.30. The summed E-state index contributed by atoms with van der Waals surface area (Å²) >= 11 is 0. The summed E-state index contributed by atoms with van der Waals surface area (Å²) in [5.41, 5.74) is 0. The molecule has 202 valence electrons. The predicted octanol–water partition coefficient (Wildman–Crippen LogP) is 9.78. The Bertz CT molecular complexity index is 449. The van der Waals surface area contributed by atoms with E-state index in [1.807, 2.05) is 6.92 Å². The highest BCUT2D eigenvalue weighted by atomic mass is 16.5. The topological polar surface area (TPSA) is 63.6 Å². The Morgan fingerprint density at radius 3 is 1.32 bits per heavy atom. The third-order valence-corrected chi connectivity index (χ3v) is 6.82. The first kappa shape index (κ1) is 32.9. The summed E-state index contributed by atoms with van der Waals surface area (Å²) in [5.74, 6) is -0.682. The smallest absolute Gasteiger partial charge is 0.306 e. The predicted molar refractivity (Wildman–Crippen MR) is 144 cm³/mol. The van der Waals surface area contributed by atoms with E-state index in [1.54, 1.807) is 0 Å². The van der Waals surface area contributed by atoms with Crippen LogP contribution in [0, 0.1) is 0 Å². The molecule has 0 aliphatic rings. The Kier molecular flexibility index (Phi) is 25.7. The standard InChI is InChI=1S/C30H58O4/c1-3-4-5-6-7-8-10-15-18-21-24-27-30(33)34-28(2)25-22-19-16-13-11-9-12-14-17-20-23-26-29(31)32/h28H,3-27H2,1-2H3,(H,31,32). The molecule has 0 spiro atoms. The fourth-order valence-electron chi connectivity index (χ4n) is 4.57. The maximum absolute atomic E-state index is 12.0. The largest absolute Gasteiger partial charge is 0.481 e. The van der Waals surface area contributed by atoms with Gasteiger partial charge in [-0.1, -0.05) is 129 Å². The van der Waals surface area contributed by atoms with Crippen LogP contribution < -0.4 is 0 Å². The van der Waals surface area contributed by atoms with E-state index in [9.17, 15) is 9.59 Å². The van der Waals surface area contributed by atoms with Gasteiger partial charge < -0.3 is 9.84 Å². The minimum Gasteiger partial charge on any atom is -0.481 e. The monoisotopic (exact) mass is 482 g/mol. The number of carbonyl (C=O) groups excluding carboxylic acids is 1. The zero-order chi connectivity index (χ0) is 25.1. The maximum atomic E-state index is 12.0. The third kappa shape index (κ3) is 27.2. The van der Waals surface area contributed by atoms with Crippen LogP contribution in [-0.2, 0) is 14.3 Å². The number of carboxylic acids is 1. The zero-order valence-electron chi connectivity index (χ0n) is 22.9.